The summed E-state index contributed by atoms with van der Waals surface area (Å²) in [5.41, 5.74) is 1.94. The molecule has 2 N–H and O–H groups in total. The molecule has 0 spiro atoms. The van der Waals surface area contributed by atoms with Crippen molar-refractivity contribution in [2.24, 2.45) is 5.41 Å². The van der Waals surface area contributed by atoms with Gasteiger partial charge in [0.15, 0.2) is 0 Å². The van der Waals surface area contributed by atoms with E-state index in [1.807, 2.05) is 57.2 Å². The SMILES string of the molecule is CC(NC(=O)C(C)(C)C)C(=O)NCCC(c1ccccc1)c1ccccc1. The molecule has 0 aromatic heterocycles. The molecular weight excluding hydrogens is 336 g/mol. The molecule has 4 heteroatoms. The van der Waals surface area contributed by atoms with E-state index in [1.54, 1.807) is 6.92 Å². The second kappa shape index (κ2) is 9.36. The normalized spacial score (nSPS) is 12.5. The molecule has 0 aliphatic heterocycles. The molecular formula is C23H30N2O2. The number of carbonyl (C=O) groups is 2. The Labute approximate surface area is 162 Å². The van der Waals surface area contributed by atoms with E-state index in [1.165, 1.54) is 11.1 Å². The van der Waals surface area contributed by atoms with Crippen molar-refractivity contribution in [3.63, 3.8) is 0 Å². The van der Waals surface area contributed by atoms with Crippen molar-refractivity contribution in [1.29, 1.82) is 0 Å². The zero-order valence-electron chi connectivity index (χ0n) is 16.7. The number of hydrogen-bond acceptors (Lipinski definition) is 2. The highest BCUT2D eigenvalue weighted by Crippen LogP contribution is 2.27. The molecule has 0 aliphatic rings. The van der Waals surface area contributed by atoms with E-state index in [2.05, 4.69) is 34.9 Å². The molecule has 1 unspecified atom stereocenters. The van der Waals surface area contributed by atoms with Gasteiger partial charge in [0.1, 0.15) is 6.04 Å². The summed E-state index contributed by atoms with van der Waals surface area (Å²) in [7, 11) is 0. The monoisotopic (exact) mass is 366 g/mol. The molecule has 0 saturated carbocycles. The number of hydrogen-bond donors (Lipinski definition) is 2. The average Bonchev–Trinajstić information content (AvgIpc) is 2.65. The maximum Gasteiger partial charge on any atom is 0.242 e. The van der Waals surface area contributed by atoms with Crippen LogP contribution in [0.2, 0.25) is 0 Å². The molecule has 0 bridgehead atoms. The Morgan fingerprint density at radius 1 is 0.889 bits per heavy atom. The van der Waals surface area contributed by atoms with Crippen LogP contribution in [-0.4, -0.2) is 24.4 Å². The van der Waals surface area contributed by atoms with Crippen LogP contribution in [0.15, 0.2) is 60.7 Å². The van der Waals surface area contributed by atoms with Crippen molar-refractivity contribution in [3.05, 3.63) is 71.8 Å². The summed E-state index contributed by atoms with van der Waals surface area (Å²) in [6.07, 6.45) is 0.791. The first kappa shape index (κ1) is 20.7. The Hall–Kier alpha value is -2.62. The Kier molecular flexibility index (Phi) is 7.17. The third-order valence-electron chi connectivity index (χ3n) is 4.56. The molecule has 0 aliphatic carbocycles. The molecule has 144 valence electrons. The van der Waals surface area contributed by atoms with Gasteiger partial charge in [0.2, 0.25) is 11.8 Å². The van der Waals surface area contributed by atoms with Crippen LogP contribution in [-0.2, 0) is 9.59 Å². The van der Waals surface area contributed by atoms with Gasteiger partial charge in [0.05, 0.1) is 0 Å². The second-order valence-corrected chi connectivity index (χ2v) is 7.90. The maximum absolute atomic E-state index is 12.3. The molecule has 27 heavy (non-hydrogen) atoms. The number of nitrogens with one attached hydrogen (secondary N) is 2. The van der Waals surface area contributed by atoms with E-state index in [4.69, 9.17) is 0 Å². The number of amides is 2. The quantitative estimate of drug-likeness (QED) is 0.781. The number of benzene rings is 2. The van der Waals surface area contributed by atoms with Gasteiger partial charge in [0.25, 0.3) is 0 Å². The summed E-state index contributed by atoms with van der Waals surface area (Å²) in [5.74, 6) is -0.0729. The van der Waals surface area contributed by atoms with Crippen LogP contribution in [0.5, 0.6) is 0 Å². The van der Waals surface area contributed by atoms with E-state index in [0.29, 0.717) is 6.54 Å². The molecule has 2 aromatic rings. The zero-order valence-corrected chi connectivity index (χ0v) is 16.7. The van der Waals surface area contributed by atoms with Crippen molar-refractivity contribution >= 4 is 11.8 Å². The minimum atomic E-state index is -0.552. The van der Waals surface area contributed by atoms with Gasteiger partial charge in [-0.05, 0) is 24.5 Å². The number of carbonyl (C=O) groups excluding carboxylic acids is 2. The third-order valence-corrected chi connectivity index (χ3v) is 4.56. The molecule has 1 atom stereocenters. The van der Waals surface area contributed by atoms with Gasteiger partial charge in [-0.2, -0.15) is 0 Å². The van der Waals surface area contributed by atoms with Crippen LogP contribution in [0.25, 0.3) is 0 Å². The Morgan fingerprint density at radius 3 is 1.81 bits per heavy atom. The first-order chi connectivity index (χ1) is 12.8. The fourth-order valence-electron chi connectivity index (χ4n) is 2.87. The zero-order chi connectivity index (χ0) is 19.9. The minimum absolute atomic E-state index is 0.128. The first-order valence-corrected chi connectivity index (χ1v) is 9.47. The van der Waals surface area contributed by atoms with Crippen LogP contribution in [0.3, 0.4) is 0 Å². The fraction of sp³-hybridized carbons (Fsp3) is 0.391. The Balaban J connectivity index is 1.96. The van der Waals surface area contributed by atoms with E-state index in [9.17, 15) is 9.59 Å². The van der Waals surface area contributed by atoms with E-state index in [0.717, 1.165) is 6.42 Å². The smallest absolute Gasteiger partial charge is 0.242 e. The van der Waals surface area contributed by atoms with Crippen molar-refractivity contribution in [1.82, 2.24) is 10.6 Å². The molecule has 0 fully saturated rings. The standard InChI is InChI=1S/C23H30N2O2/c1-17(25-22(27)23(2,3)4)21(26)24-16-15-20(18-11-7-5-8-12-18)19-13-9-6-10-14-19/h5-14,17,20H,15-16H2,1-4H3,(H,24,26)(H,25,27). The summed E-state index contributed by atoms with van der Waals surface area (Å²) < 4.78 is 0. The Bertz CT molecular complexity index is 696. The fourth-order valence-corrected chi connectivity index (χ4v) is 2.87. The van der Waals surface area contributed by atoms with Crippen molar-refractivity contribution < 1.29 is 9.59 Å². The summed E-state index contributed by atoms with van der Waals surface area (Å²) in [5, 5.41) is 5.73. The lowest BCUT2D eigenvalue weighted by molar-refractivity contribution is -0.133. The summed E-state index contributed by atoms with van der Waals surface area (Å²) in [6.45, 7) is 7.75. The third kappa shape index (κ3) is 6.24. The van der Waals surface area contributed by atoms with Crippen molar-refractivity contribution in [2.45, 2.75) is 46.1 Å². The van der Waals surface area contributed by atoms with Crippen LogP contribution >= 0.6 is 0 Å². The topological polar surface area (TPSA) is 58.2 Å². The van der Waals surface area contributed by atoms with Gasteiger partial charge in [-0.15, -0.1) is 0 Å². The van der Waals surface area contributed by atoms with Crippen LogP contribution in [0, 0.1) is 5.41 Å². The van der Waals surface area contributed by atoms with Gasteiger partial charge in [-0.1, -0.05) is 81.4 Å². The molecule has 4 nitrogen and oxygen atoms in total. The van der Waals surface area contributed by atoms with Gasteiger partial charge >= 0.3 is 0 Å². The van der Waals surface area contributed by atoms with Crippen LogP contribution < -0.4 is 10.6 Å². The molecule has 0 radical (unpaired) electrons. The molecule has 2 rings (SSSR count). The largest absolute Gasteiger partial charge is 0.354 e. The second-order valence-electron chi connectivity index (χ2n) is 7.90. The van der Waals surface area contributed by atoms with Gasteiger partial charge in [0, 0.05) is 17.9 Å². The number of rotatable bonds is 7. The highest BCUT2D eigenvalue weighted by molar-refractivity contribution is 5.89. The Morgan fingerprint density at radius 2 is 1.37 bits per heavy atom. The van der Waals surface area contributed by atoms with Crippen molar-refractivity contribution in [3.8, 4) is 0 Å². The highest BCUT2D eigenvalue weighted by Gasteiger charge is 2.25. The maximum atomic E-state index is 12.3. The average molecular weight is 367 g/mol. The lowest BCUT2D eigenvalue weighted by atomic mass is 9.88. The van der Waals surface area contributed by atoms with Gasteiger partial charge in [-0.3, -0.25) is 9.59 Å². The first-order valence-electron chi connectivity index (χ1n) is 9.47. The lowest BCUT2D eigenvalue weighted by Crippen LogP contribution is -2.48. The molecule has 2 amide bonds. The minimum Gasteiger partial charge on any atom is -0.354 e. The van der Waals surface area contributed by atoms with Crippen LogP contribution in [0.1, 0.15) is 51.2 Å². The van der Waals surface area contributed by atoms with Gasteiger partial charge in [-0.25, -0.2) is 0 Å². The predicted octanol–water partition coefficient (Wildman–Crippen LogP) is 3.88. The van der Waals surface area contributed by atoms with E-state index in [-0.39, 0.29) is 17.7 Å². The van der Waals surface area contributed by atoms with Gasteiger partial charge < -0.3 is 10.6 Å². The predicted molar refractivity (Wildman–Crippen MR) is 109 cm³/mol. The van der Waals surface area contributed by atoms with Crippen LogP contribution in [0.4, 0.5) is 0 Å². The molecule has 0 heterocycles. The van der Waals surface area contributed by atoms with E-state index >= 15 is 0 Å². The molecule has 2 aromatic carbocycles. The van der Waals surface area contributed by atoms with E-state index < -0.39 is 11.5 Å². The highest BCUT2D eigenvalue weighted by atomic mass is 16.2. The summed E-state index contributed by atoms with van der Waals surface area (Å²) in [6, 6.07) is 20.1. The summed E-state index contributed by atoms with van der Waals surface area (Å²) in [4.78, 5) is 24.4. The van der Waals surface area contributed by atoms with Crippen molar-refractivity contribution in [2.75, 3.05) is 6.54 Å². The lowest BCUT2D eigenvalue weighted by Gasteiger charge is -2.22. The molecule has 0 saturated heterocycles. The summed E-state index contributed by atoms with van der Waals surface area (Å²) >= 11 is 0.